The molecule has 4 heteroatoms. The molecule has 0 saturated carbocycles. The van der Waals surface area contributed by atoms with Gasteiger partial charge in [-0.3, -0.25) is 4.79 Å². The number of hydrogen-bond donors (Lipinski definition) is 0. The van der Waals surface area contributed by atoms with Crippen molar-refractivity contribution in [1.29, 1.82) is 0 Å². The van der Waals surface area contributed by atoms with Crippen LogP contribution in [0.5, 0.6) is 0 Å². The van der Waals surface area contributed by atoms with E-state index in [1.165, 1.54) is 12.7 Å². The maximum Gasteiger partial charge on any atom is 0.310 e. The fourth-order valence-electron chi connectivity index (χ4n) is 1.84. The lowest BCUT2D eigenvalue weighted by molar-refractivity contribution is -0.144. The minimum atomic E-state index is -0.196. The third-order valence-corrected chi connectivity index (χ3v) is 3.16. The van der Waals surface area contributed by atoms with Crippen molar-refractivity contribution in [2.75, 3.05) is 25.6 Å². The largest absolute Gasteiger partial charge is 0.469 e. The van der Waals surface area contributed by atoms with E-state index in [0.717, 1.165) is 5.82 Å². The standard InChI is InChI=1S/C15H24N2O2/c1-11(14(18)19-6)10-17(5)13-8-7-12(9-16-13)15(2,3)4/h7-9,11H,10H2,1-6H3. The summed E-state index contributed by atoms with van der Waals surface area (Å²) in [4.78, 5) is 17.8. The zero-order valence-corrected chi connectivity index (χ0v) is 12.7. The molecular weight excluding hydrogens is 240 g/mol. The topological polar surface area (TPSA) is 42.4 Å². The Kier molecular flexibility index (Phi) is 4.92. The van der Waals surface area contributed by atoms with Gasteiger partial charge in [0, 0.05) is 19.8 Å². The second-order valence-electron chi connectivity index (χ2n) is 5.96. The van der Waals surface area contributed by atoms with Gasteiger partial charge in [-0.1, -0.05) is 33.8 Å². The number of nitrogens with zero attached hydrogens (tertiary/aromatic N) is 2. The number of hydrogen-bond acceptors (Lipinski definition) is 4. The average molecular weight is 264 g/mol. The fourth-order valence-corrected chi connectivity index (χ4v) is 1.84. The Labute approximate surface area is 115 Å². The summed E-state index contributed by atoms with van der Waals surface area (Å²) < 4.78 is 4.73. The van der Waals surface area contributed by atoms with Crippen molar-refractivity contribution in [1.82, 2.24) is 4.98 Å². The number of aromatic nitrogens is 1. The Bertz CT molecular complexity index is 421. The Balaban J connectivity index is 2.73. The highest BCUT2D eigenvalue weighted by molar-refractivity contribution is 5.72. The van der Waals surface area contributed by atoms with E-state index in [1.54, 1.807) is 0 Å². The maximum atomic E-state index is 11.4. The average Bonchev–Trinajstić information content (AvgIpc) is 2.36. The molecule has 0 bridgehead atoms. The number of ether oxygens (including phenoxy) is 1. The highest BCUT2D eigenvalue weighted by atomic mass is 16.5. The molecule has 1 rings (SSSR count). The zero-order valence-electron chi connectivity index (χ0n) is 12.7. The zero-order chi connectivity index (χ0) is 14.6. The Morgan fingerprint density at radius 3 is 2.47 bits per heavy atom. The molecule has 0 aliphatic carbocycles. The van der Waals surface area contributed by atoms with Crippen LogP contribution in [-0.2, 0) is 14.9 Å². The molecule has 19 heavy (non-hydrogen) atoms. The summed E-state index contributed by atoms with van der Waals surface area (Å²) in [6, 6.07) is 4.08. The third-order valence-electron chi connectivity index (χ3n) is 3.16. The molecule has 1 aromatic rings. The van der Waals surface area contributed by atoms with Gasteiger partial charge >= 0.3 is 5.97 Å². The molecule has 1 atom stereocenters. The van der Waals surface area contributed by atoms with Crippen LogP contribution in [0.3, 0.4) is 0 Å². The molecule has 0 amide bonds. The fraction of sp³-hybridized carbons (Fsp3) is 0.600. The van der Waals surface area contributed by atoms with Gasteiger partial charge in [-0.15, -0.1) is 0 Å². The van der Waals surface area contributed by atoms with Crippen molar-refractivity contribution in [2.24, 2.45) is 5.92 Å². The first-order valence-electron chi connectivity index (χ1n) is 6.51. The number of anilines is 1. The highest BCUT2D eigenvalue weighted by Gasteiger charge is 2.17. The first kappa shape index (κ1) is 15.5. The minimum absolute atomic E-state index is 0.101. The van der Waals surface area contributed by atoms with E-state index >= 15 is 0 Å². The number of carbonyl (C=O) groups excluding carboxylic acids is 1. The molecule has 0 fully saturated rings. The van der Waals surface area contributed by atoms with Crippen molar-refractivity contribution in [3.05, 3.63) is 23.9 Å². The summed E-state index contributed by atoms with van der Waals surface area (Å²) in [6.45, 7) is 8.92. The van der Waals surface area contributed by atoms with Gasteiger partial charge in [0.15, 0.2) is 0 Å². The normalized spacial score (nSPS) is 12.9. The van der Waals surface area contributed by atoms with Gasteiger partial charge in [-0.2, -0.15) is 0 Å². The van der Waals surface area contributed by atoms with Gasteiger partial charge in [0.2, 0.25) is 0 Å². The molecule has 106 valence electrons. The van der Waals surface area contributed by atoms with Gasteiger partial charge in [0.05, 0.1) is 13.0 Å². The van der Waals surface area contributed by atoms with Crippen molar-refractivity contribution < 1.29 is 9.53 Å². The highest BCUT2D eigenvalue weighted by Crippen LogP contribution is 2.22. The van der Waals surface area contributed by atoms with E-state index in [0.29, 0.717) is 6.54 Å². The molecular formula is C15H24N2O2. The van der Waals surface area contributed by atoms with E-state index in [2.05, 4.69) is 31.8 Å². The first-order valence-corrected chi connectivity index (χ1v) is 6.51. The van der Waals surface area contributed by atoms with Crippen LogP contribution in [0.4, 0.5) is 5.82 Å². The lowest BCUT2D eigenvalue weighted by Crippen LogP contribution is -2.29. The summed E-state index contributed by atoms with van der Waals surface area (Å²) in [5, 5.41) is 0. The first-order chi connectivity index (χ1) is 8.75. The van der Waals surface area contributed by atoms with Crippen LogP contribution in [-0.4, -0.2) is 31.7 Å². The molecule has 0 N–H and O–H groups in total. The molecule has 1 unspecified atom stereocenters. The molecule has 4 nitrogen and oxygen atoms in total. The van der Waals surface area contributed by atoms with E-state index < -0.39 is 0 Å². The van der Waals surface area contributed by atoms with Crippen molar-refractivity contribution in [2.45, 2.75) is 33.1 Å². The number of esters is 1. The van der Waals surface area contributed by atoms with Gasteiger partial charge in [0.25, 0.3) is 0 Å². The quantitative estimate of drug-likeness (QED) is 0.784. The molecule has 1 aromatic heterocycles. The predicted molar refractivity (Wildman–Crippen MR) is 77.4 cm³/mol. The predicted octanol–water partition coefficient (Wildman–Crippen LogP) is 2.62. The number of methoxy groups -OCH3 is 1. The van der Waals surface area contributed by atoms with Gasteiger partial charge in [0.1, 0.15) is 5.82 Å². The van der Waals surface area contributed by atoms with Crippen LogP contribution in [0.15, 0.2) is 18.3 Å². The van der Waals surface area contributed by atoms with Crippen molar-refractivity contribution >= 4 is 11.8 Å². The summed E-state index contributed by atoms with van der Waals surface area (Å²) in [5.41, 5.74) is 1.30. The smallest absolute Gasteiger partial charge is 0.310 e. The van der Waals surface area contributed by atoms with Crippen LogP contribution in [0.2, 0.25) is 0 Å². The molecule has 0 aliphatic heterocycles. The molecule has 0 saturated heterocycles. The third kappa shape index (κ3) is 4.23. The molecule has 0 radical (unpaired) electrons. The second kappa shape index (κ2) is 6.04. The Morgan fingerprint density at radius 2 is 2.05 bits per heavy atom. The van der Waals surface area contributed by atoms with Gasteiger partial charge < -0.3 is 9.64 Å². The lowest BCUT2D eigenvalue weighted by Gasteiger charge is -2.23. The Hall–Kier alpha value is -1.58. The van der Waals surface area contributed by atoms with E-state index in [1.807, 2.05) is 31.1 Å². The summed E-state index contributed by atoms with van der Waals surface area (Å²) in [7, 11) is 3.34. The molecule has 0 spiro atoms. The maximum absolute atomic E-state index is 11.4. The molecule has 1 heterocycles. The van der Waals surface area contributed by atoms with Crippen molar-refractivity contribution in [3.8, 4) is 0 Å². The van der Waals surface area contributed by atoms with Crippen LogP contribution >= 0.6 is 0 Å². The Morgan fingerprint density at radius 1 is 1.42 bits per heavy atom. The number of carbonyl (C=O) groups is 1. The summed E-state index contributed by atoms with van der Waals surface area (Å²) >= 11 is 0. The molecule has 0 aromatic carbocycles. The van der Waals surface area contributed by atoms with Crippen LogP contribution in [0.25, 0.3) is 0 Å². The second-order valence-corrected chi connectivity index (χ2v) is 5.96. The number of pyridine rings is 1. The van der Waals surface area contributed by atoms with Crippen LogP contribution in [0.1, 0.15) is 33.3 Å². The monoisotopic (exact) mass is 264 g/mol. The van der Waals surface area contributed by atoms with Gasteiger partial charge in [-0.25, -0.2) is 4.98 Å². The lowest BCUT2D eigenvalue weighted by atomic mass is 9.88. The SMILES string of the molecule is COC(=O)C(C)CN(C)c1ccc(C(C)(C)C)cn1. The summed E-state index contributed by atoms with van der Waals surface area (Å²) in [6.07, 6.45) is 1.90. The van der Waals surface area contributed by atoms with Crippen molar-refractivity contribution in [3.63, 3.8) is 0 Å². The van der Waals surface area contributed by atoms with E-state index in [-0.39, 0.29) is 17.3 Å². The molecule has 0 aliphatic rings. The van der Waals surface area contributed by atoms with Crippen LogP contribution in [0, 0.1) is 5.92 Å². The number of rotatable bonds is 4. The van der Waals surface area contributed by atoms with Gasteiger partial charge in [-0.05, 0) is 17.0 Å². The van der Waals surface area contributed by atoms with E-state index in [9.17, 15) is 4.79 Å². The minimum Gasteiger partial charge on any atom is -0.469 e. The van der Waals surface area contributed by atoms with E-state index in [4.69, 9.17) is 4.74 Å². The van der Waals surface area contributed by atoms with Crippen LogP contribution < -0.4 is 4.90 Å². The summed E-state index contributed by atoms with van der Waals surface area (Å²) in [5.74, 6) is 0.501.